The van der Waals surface area contributed by atoms with Crippen molar-refractivity contribution in [1.82, 2.24) is 10.3 Å². The molecular weight excluding hydrogens is 288 g/mol. The summed E-state index contributed by atoms with van der Waals surface area (Å²) in [4.78, 5) is 16.6. The maximum atomic E-state index is 12.0. The van der Waals surface area contributed by atoms with Gasteiger partial charge in [-0.15, -0.1) is 0 Å². The van der Waals surface area contributed by atoms with Crippen LogP contribution in [0.4, 0.5) is 0 Å². The number of rotatable bonds is 2. The van der Waals surface area contributed by atoms with E-state index < -0.39 is 0 Å². The SMILES string of the molecule is CNC(=O)c1cccc2c(Cl)c3cccc(OC)c3nc12. The van der Waals surface area contributed by atoms with Gasteiger partial charge in [-0.1, -0.05) is 35.9 Å². The van der Waals surface area contributed by atoms with Gasteiger partial charge in [-0.3, -0.25) is 4.79 Å². The molecule has 0 unspecified atom stereocenters. The number of para-hydroxylation sites is 2. The number of hydrogen-bond acceptors (Lipinski definition) is 3. The van der Waals surface area contributed by atoms with Gasteiger partial charge in [0.1, 0.15) is 11.3 Å². The molecule has 3 rings (SSSR count). The molecule has 1 N–H and O–H groups in total. The van der Waals surface area contributed by atoms with Crippen LogP contribution in [0.3, 0.4) is 0 Å². The zero-order chi connectivity index (χ0) is 15.0. The Hall–Kier alpha value is -2.33. The molecule has 0 spiro atoms. The lowest BCUT2D eigenvalue weighted by molar-refractivity contribution is 0.0964. The fourth-order valence-electron chi connectivity index (χ4n) is 2.40. The van der Waals surface area contributed by atoms with Crippen LogP contribution in [0.1, 0.15) is 10.4 Å². The molecule has 0 saturated carbocycles. The van der Waals surface area contributed by atoms with Crippen molar-refractivity contribution in [2.24, 2.45) is 0 Å². The fraction of sp³-hybridized carbons (Fsp3) is 0.125. The van der Waals surface area contributed by atoms with E-state index in [1.54, 1.807) is 26.3 Å². The third-order valence-electron chi connectivity index (χ3n) is 3.42. The largest absolute Gasteiger partial charge is 0.494 e. The van der Waals surface area contributed by atoms with E-state index in [-0.39, 0.29) is 5.91 Å². The normalized spacial score (nSPS) is 10.8. The molecule has 0 aliphatic rings. The van der Waals surface area contributed by atoms with Crippen molar-refractivity contribution in [2.75, 3.05) is 14.2 Å². The molecule has 0 aliphatic heterocycles. The molecule has 4 nitrogen and oxygen atoms in total. The fourth-order valence-corrected chi connectivity index (χ4v) is 2.70. The number of nitrogens with zero attached hydrogens (tertiary/aromatic N) is 1. The number of hydrogen-bond donors (Lipinski definition) is 1. The Balaban J connectivity index is 2.49. The number of ether oxygens (including phenoxy) is 1. The first-order chi connectivity index (χ1) is 10.2. The Kier molecular flexibility index (Phi) is 3.39. The lowest BCUT2D eigenvalue weighted by Gasteiger charge is -2.11. The first kappa shape index (κ1) is 13.6. The van der Waals surface area contributed by atoms with Crippen molar-refractivity contribution < 1.29 is 9.53 Å². The molecule has 2 aromatic carbocycles. The summed E-state index contributed by atoms with van der Waals surface area (Å²) in [5, 5.41) is 4.74. The first-order valence-electron chi connectivity index (χ1n) is 6.44. The lowest BCUT2D eigenvalue weighted by Crippen LogP contribution is -2.18. The summed E-state index contributed by atoms with van der Waals surface area (Å²) >= 11 is 6.50. The highest BCUT2D eigenvalue weighted by Crippen LogP contribution is 2.35. The Morgan fingerprint density at radius 2 is 1.81 bits per heavy atom. The van der Waals surface area contributed by atoms with E-state index in [4.69, 9.17) is 16.3 Å². The van der Waals surface area contributed by atoms with E-state index in [1.807, 2.05) is 24.3 Å². The van der Waals surface area contributed by atoms with Gasteiger partial charge in [-0.2, -0.15) is 0 Å². The smallest absolute Gasteiger partial charge is 0.253 e. The Morgan fingerprint density at radius 1 is 1.14 bits per heavy atom. The van der Waals surface area contributed by atoms with Gasteiger partial charge in [0, 0.05) is 17.8 Å². The monoisotopic (exact) mass is 300 g/mol. The highest BCUT2D eigenvalue weighted by atomic mass is 35.5. The molecule has 106 valence electrons. The predicted molar refractivity (Wildman–Crippen MR) is 84.2 cm³/mol. The molecule has 0 saturated heterocycles. The molecule has 0 atom stereocenters. The first-order valence-corrected chi connectivity index (χ1v) is 6.82. The van der Waals surface area contributed by atoms with Gasteiger partial charge >= 0.3 is 0 Å². The van der Waals surface area contributed by atoms with Crippen LogP contribution in [0.2, 0.25) is 5.02 Å². The van der Waals surface area contributed by atoms with Crippen LogP contribution >= 0.6 is 11.6 Å². The molecule has 3 aromatic rings. The summed E-state index contributed by atoms with van der Waals surface area (Å²) in [5.74, 6) is 0.432. The molecule has 5 heteroatoms. The minimum absolute atomic E-state index is 0.196. The Labute approximate surface area is 126 Å². The third-order valence-corrected chi connectivity index (χ3v) is 3.83. The van der Waals surface area contributed by atoms with Gasteiger partial charge in [0.05, 0.1) is 23.2 Å². The number of methoxy groups -OCH3 is 1. The highest BCUT2D eigenvalue weighted by molar-refractivity contribution is 6.40. The van der Waals surface area contributed by atoms with Crippen LogP contribution < -0.4 is 10.1 Å². The molecular formula is C16H13ClN2O2. The molecule has 0 fully saturated rings. The maximum absolute atomic E-state index is 12.0. The topological polar surface area (TPSA) is 51.2 Å². The molecule has 0 bridgehead atoms. The summed E-state index contributed by atoms with van der Waals surface area (Å²) in [6.45, 7) is 0. The van der Waals surface area contributed by atoms with Crippen LogP contribution in [0.15, 0.2) is 36.4 Å². The molecule has 1 amide bonds. The zero-order valence-corrected chi connectivity index (χ0v) is 12.4. The maximum Gasteiger partial charge on any atom is 0.253 e. The van der Waals surface area contributed by atoms with Crippen LogP contribution in [0.25, 0.3) is 21.8 Å². The Bertz CT molecular complexity index is 862. The van der Waals surface area contributed by atoms with E-state index in [2.05, 4.69) is 10.3 Å². The second kappa shape index (κ2) is 5.22. The van der Waals surface area contributed by atoms with E-state index in [9.17, 15) is 4.79 Å². The van der Waals surface area contributed by atoms with Gasteiger partial charge in [-0.05, 0) is 12.1 Å². The summed E-state index contributed by atoms with van der Waals surface area (Å²) in [6, 6.07) is 11.0. The summed E-state index contributed by atoms with van der Waals surface area (Å²) < 4.78 is 5.34. The number of fused-ring (bicyclic) bond motifs is 2. The number of pyridine rings is 1. The van der Waals surface area contributed by atoms with Crippen molar-refractivity contribution in [3.8, 4) is 5.75 Å². The molecule has 0 aliphatic carbocycles. The van der Waals surface area contributed by atoms with Crippen LogP contribution in [-0.4, -0.2) is 25.0 Å². The van der Waals surface area contributed by atoms with Crippen molar-refractivity contribution >= 4 is 39.3 Å². The molecule has 1 heterocycles. The van der Waals surface area contributed by atoms with Gasteiger partial charge in [0.15, 0.2) is 0 Å². The van der Waals surface area contributed by atoms with E-state index in [0.717, 1.165) is 10.8 Å². The van der Waals surface area contributed by atoms with Gasteiger partial charge in [-0.25, -0.2) is 4.98 Å². The van der Waals surface area contributed by atoms with Gasteiger partial charge < -0.3 is 10.1 Å². The van der Waals surface area contributed by atoms with Gasteiger partial charge in [0.25, 0.3) is 5.91 Å². The lowest BCUT2D eigenvalue weighted by atomic mass is 10.1. The number of nitrogens with one attached hydrogen (secondary N) is 1. The van der Waals surface area contributed by atoms with Crippen molar-refractivity contribution in [3.63, 3.8) is 0 Å². The van der Waals surface area contributed by atoms with Crippen LogP contribution in [0, 0.1) is 0 Å². The third kappa shape index (κ3) is 2.08. The molecule has 21 heavy (non-hydrogen) atoms. The second-order valence-electron chi connectivity index (χ2n) is 4.56. The average Bonchev–Trinajstić information content (AvgIpc) is 2.53. The van der Waals surface area contributed by atoms with Crippen molar-refractivity contribution in [3.05, 3.63) is 47.0 Å². The Morgan fingerprint density at radius 3 is 2.48 bits per heavy atom. The quantitative estimate of drug-likeness (QED) is 0.738. The minimum atomic E-state index is -0.196. The summed E-state index contributed by atoms with van der Waals surface area (Å²) in [7, 11) is 3.17. The number of amides is 1. The van der Waals surface area contributed by atoms with E-state index in [0.29, 0.717) is 27.4 Å². The average molecular weight is 301 g/mol. The van der Waals surface area contributed by atoms with E-state index >= 15 is 0 Å². The van der Waals surface area contributed by atoms with E-state index in [1.165, 1.54) is 0 Å². The van der Waals surface area contributed by atoms with Crippen LogP contribution in [-0.2, 0) is 0 Å². The standard InChI is InChI=1S/C16H13ClN2O2/c1-18-16(20)11-7-3-5-9-13(17)10-6-4-8-12(21-2)15(10)19-14(9)11/h3-8H,1-2H3,(H,18,20). The minimum Gasteiger partial charge on any atom is -0.494 e. The van der Waals surface area contributed by atoms with Gasteiger partial charge in [0.2, 0.25) is 0 Å². The number of carbonyl (C=O) groups excluding carboxylic acids is 1. The number of carbonyl (C=O) groups is 1. The second-order valence-corrected chi connectivity index (χ2v) is 4.94. The number of halogens is 1. The number of benzene rings is 2. The van der Waals surface area contributed by atoms with Crippen LogP contribution in [0.5, 0.6) is 5.75 Å². The molecule has 1 aromatic heterocycles. The predicted octanol–water partition coefficient (Wildman–Crippen LogP) is 3.41. The molecule has 0 radical (unpaired) electrons. The van der Waals surface area contributed by atoms with Crippen molar-refractivity contribution in [2.45, 2.75) is 0 Å². The zero-order valence-electron chi connectivity index (χ0n) is 11.6. The number of aromatic nitrogens is 1. The summed E-state index contributed by atoms with van der Waals surface area (Å²) in [6.07, 6.45) is 0. The summed E-state index contributed by atoms with van der Waals surface area (Å²) in [5.41, 5.74) is 1.71. The van der Waals surface area contributed by atoms with Crippen molar-refractivity contribution in [1.29, 1.82) is 0 Å². The highest BCUT2D eigenvalue weighted by Gasteiger charge is 2.15.